The molecule has 0 saturated carbocycles. The molecule has 0 amide bonds. The van der Waals surface area contributed by atoms with Crippen LogP contribution in [0.1, 0.15) is 76.7 Å². The third-order valence-corrected chi connectivity index (χ3v) is 3.77. The molecule has 0 aliphatic carbocycles. The minimum atomic E-state index is -0.784. The lowest BCUT2D eigenvalue weighted by atomic mass is 9.94. The van der Waals surface area contributed by atoms with Gasteiger partial charge in [0.15, 0.2) is 0 Å². The standard InChI is InChI=1S/C18H30O4/c1-17(2,21)11-9-15(19)13-5-7-14(8-6-13)16(20)10-12-18(3,4)22/h5-8,15-16,19-22H,9-12H2,1-4H3. The van der Waals surface area contributed by atoms with Crippen LogP contribution in [0.5, 0.6) is 0 Å². The SMILES string of the molecule is CC(C)(O)CCC(O)c1ccc(C(O)CCC(C)(C)O)cc1. The van der Waals surface area contributed by atoms with Crippen LogP contribution in [0, 0.1) is 0 Å². The summed E-state index contributed by atoms with van der Waals surface area (Å²) >= 11 is 0. The Morgan fingerprint density at radius 1 is 0.727 bits per heavy atom. The van der Waals surface area contributed by atoms with Crippen LogP contribution in [-0.2, 0) is 0 Å². The lowest BCUT2D eigenvalue weighted by Gasteiger charge is -2.21. The van der Waals surface area contributed by atoms with Gasteiger partial charge in [-0.1, -0.05) is 24.3 Å². The molecule has 0 aliphatic heterocycles. The second-order valence-corrected chi connectivity index (χ2v) is 7.40. The minimum Gasteiger partial charge on any atom is -0.390 e. The molecule has 0 saturated heterocycles. The molecule has 4 N–H and O–H groups in total. The molecule has 126 valence electrons. The van der Waals surface area contributed by atoms with Crippen LogP contribution in [-0.4, -0.2) is 31.6 Å². The summed E-state index contributed by atoms with van der Waals surface area (Å²) in [4.78, 5) is 0. The highest BCUT2D eigenvalue weighted by Gasteiger charge is 2.18. The van der Waals surface area contributed by atoms with Gasteiger partial charge < -0.3 is 20.4 Å². The largest absolute Gasteiger partial charge is 0.390 e. The molecule has 0 bridgehead atoms. The van der Waals surface area contributed by atoms with E-state index in [9.17, 15) is 20.4 Å². The Labute approximate surface area is 133 Å². The predicted octanol–water partition coefficient (Wildman–Crippen LogP) is 2.86. The van der Waals surface area contributed by atoms with Crippen LogP contribution in [0.25, 0.3) is 0 Å². The van der Waals surface area contributed by atoms with E-state index in [0.29, 0.717) is 25.7 Å². The second-order valence-electron chi connectivity index (χ2n) is 7.40. The lowest BCUT2D eigenvalue weighted by molar-refractivity contribution is 0.0476. The summed E-state index contributed by atoms with van der Waals surface area (Å²) in [5.74, 6) is 0. The van der Waals surface area contributed by atoms with Gasteiger partial charge >= 0.3 is 0 Å². The van der Waals surface area contributed by atoms with Gasteiger partial charge in [0.2, 0.25) is 0 Å². The fraction of sp³-hybridized carbons (Fsp3) is 0.667. The van der Waals surface area contributed by atoms with Crippen LogP contribution >= 0.6 is 0 Å². The fourth-order valence-electron chi connectivity index (χ4n) is 2.25. The first-order valence-electron chi connectivity index (χ1n) is 7.89. The van der Waals surface area contributed by atoms with Gasteiger partial charge in [0.1, 0.15) is 0 Å². The average Bonchev–Trinajstić information content (AvgIpc) is 2.40. The van der Waals surface area contributed by atoms with E-state index >= 15 is 0 Å². The summed E-state index contributed by atoms with van der Waals surface area (Å²) in [6.07, 6.45) is 0.783. The van der Waals surface area contributed by atoms with Crippen molar-refractivity contribution >= 4 is 0 Å². The normalized spacial score (nSPS) is 15.6. The highest BCUT2D eigenvalue weighted by Crippen LogP contribution is 2.26. The molecule has 1 rings (SSSR count). The highest BCUT2D eigenvalue weighted by atomic mass is 16.3. The van der Waals surface area contributed by atoms with Crippen LogP contribution in [0.15, 0.2) is 24.3 Å². The summed E-state index contributed by atoms with van der Waals surface area (Å²) < 4.78 is 0. The fourth-order valence-corrected chi connectivity index (χ4v) is 2.25. The highest BCUT2D eigenvalue weighted by molar-refractivity contribution is 5.25. The van der Waals surface area contributed by atoms with E-state index in [4.69, 9.17) is 0 Å². The molecule has 0 heterocycles. The van der Waals surface area contributed by atoms with Crippen molar-refractivity contribution < 1.29 is 20.4 Å². The molecule has 1 aromatic rings. The predicted molar refractivity (Wildman–Crippen MR) is 87.4 cm³/mol. The van der Waals surface area contributed by atoms with Crippen molar-refractivity contribution in [2.45, 2.75) is 76.8 Å². The van der Waals surface area contributed by atoms with Crippen molar-refractivity contribution in [3.05, 3.63) is 35.4 Å². The zero-order valence-electron chi connectivity index (χ0n) is 14.1. The summed E-state index contributed by atoms with van der Waals surface area (Å²) in [6, 6.07) is 7.21. The minimum absolute atomic E-state index is 0.490. The summed E-state index contributed by atoms with van der Waals surface area (Å²) in [7, 11) is 0. The van der Waals surface area contributed by atoms with E-state index in [1.165, 1.54) is 0 Å². The summed E-state index contributed by atoms with van der Waals surface area (Å²) in [6.45, 7) is 6.90. The molecular weight excluding hydrogens is 280 g/mol. The molecule has 0 radical (unpaired) electrons. The average molecular weight is 310 g/mol. The lowest BCUT2D eigenvalue weighted by Crippen LogP contribution is -2.19. The monoisotopic (exact) mass is 310 g/mol. The summed E-state index contributed by atoms with van der Waals surface area (Å²) in [5, 5.41) is 39.6. The molecule has 22 heavy (non-hydrogen) atoms. The molecule has 0 aromatic heterocycles. The van der Waals surface area contributed by atoms with Gasteiger partial charge in [-0.2, -0.15) is 0 Å². The Kier molecular flexibility index (Phi) is 6.56. The number of rotatable bonds is 8. The molecular formula is C18H30O4. The number of aliphatic hydroxyl groups is 4. The van der Waals surface area contributed by atoms with Crippen molar-refractivity contribution in [1.82, 2.24) is 0 Å². The Morgan fingerprint density at radius 2 is 1.00 bits per heavy atom. The van der Waals surface area contributed by atoms with Gasteiger partial charge in [-0.3, -0.25) is 0 Å². The van der Waals surface area contributed by atoms with Crippen LogP contribution in [0.2, 0.25) is 0 Å². The van der Waals surface area contributed by atoms with Crippen molar-refractivity contribution in [2.75, 3.05) is 0 Å². The maximum atomic E-state index is 10.1. The van der Waals surface area contributed by atoms with Gasteiger partial charge in [-0.05, 0) is 64.5 Å². The second kappa shape index (κ2) is 7.55. The maximum Gasteiger partial charge on any atom is 0.0791 e. The molecule has 0 aliphatic rings. The van der Waals surface area contributed by atoms with Crippen molar-refractivity contribution in [1.29, 1.82) is 0 Å². The molecule has 0 spiro atoms. The maximum absolute atomic E-state index is 10.1. The third kappa shape index (κ3) is 7.36. The Morgan fingerprint density at radius 3 is 1.23 bits per heavy atom. The number of aliphatic hydroxyl groups excluding tert-OH is 2. The van der Waals surface area contributed by atoms with Gasteiger partial charge in [0.05, 0.1) is 23.4 Å². The van der Waals surface area contributed by atoms with Crippen molar-refractivity contribution in [3.63, 3.8) is 0 Å². The van der Waals surface area contributed by atoms with Crippen LogP contribution in [0.4, 0.5) is 0 Å². The van der Waals surface area contributed by atoms with Gasteiger partial charge in [0.25, 0.3) is 0 Å². The topological polar surface area (TPSA) is 80.9 Å². The molecule has 4 nitrogen and oxygen atoms in total. The van der Waals surface area contributed by atoms with E-state index in [2.05, 4.69) is 0 Å². The van der Waals surface area contributed by atoms with E-state index in [1.807, 2.05) is 0 Å². The zero-order valence-corrected chi connectivity index (χ0v) is 14.1. The van der Waals surface area contributed by atoms with Crippen molar-refractivity contribution in [2.24, 2.45) is 0 Å². The van der Waals surface area contributed by atoms with E-state index in [1.54, 1.807) is 52.0 Å². The van der Waals surface area contributed by atoms with Crippen LogP contribution in [0.3, 0.4) is 0 Å². The van der Waals surface area contributed by atoms with Crippen molar-refractivity contribution in [3.8, 4) is 0 Å². The Bertz CT molecular complexity index is 397. The van der Waals surface area contributed by atoms with E-state index in [0.717, 1.165) is 11.1 Å². The number of hydrogen-bond donors (Lipinski definition) is 4. The first-order valence-corrected chi connectivity index (χ1v) is 7.89. The van der Waals surface area contributed by atoms with Gasteiger partial charge in [-0.15, -0.1) is 0 Å². The Balaban J connectivity index is 2.58. The van der Waals surface area contributed by atoms with E-state index < -0.39 is 23.4 Å². The Hall–Kier alpha value is -0.940. The first-order chi connectivity index (χ1) is 9.98. The molecule has 0 fully saturated rings. The smallest absolute Gasteiger partial charge is 0.0791 e. The third-order valence-electron chi connectivity index (χ3n) is 3.77. The molecule has 2 unspecified atom stereocenters. The number of benzene rings is 1. The molecule has 4 heteroatoms. The molecule has 1 aromatic carbocycles. The van der Waals surface area contributed by atoms with Gasteiger partial charge in [0, 0.05) is 0 Å². The first kappa shape index (κ1) is 19.1. The van der Waals surface area contributed by atoms with Gasteiger partial charge in [-0.25, -0.2) is 0 Å². The molecule has 2 atom stereocenters. The zero-order chi connectivity index (χ0) is 17.0. The van der Waals surface area contributed by atoms with Crippen LogP contribution < -0.4 is 0 Å². The van der Waals surface area contributed by atoms with E-state index in [-0.39, 0.29) is 0 Å². The quantitative estimate of drug-likeness (QED) is 0.595. The number of hydrogen-bond acceptors (Lipinski definition) is 4. The summed E-state index contributed by atoms with van der Waals surface area (Å²) in [5.41, 5.74) is -0.00651.